The van der Waals surface area contributed by atoms with Gasteiger partial charge in [0.1, 0.15) is 0 Å². The van der Waals surface area contributed by atoms with Gasteiger partial charge in [0.05, 0.1) is 39.8 Å². The van der Waals surface area contributed by atoms with Crippen molar-refractivity contribution in [1.82, 2.24) is 0 Å². The van der Waals surface area contributed by atoms with Crippen LogP contribution < -0.4 is 0 Å². The molecule has 3 unspecified atom stereocenters. The fraction of sp³-hybridized carbons (Fsp3) is 0.370. The predicted octanol–water partition coefficient (Wildman–Crippen LogP) is 6.88. The van der Waals surface area contributed by atoms with Crippen LogP contribution in [0.5, 0.6) is 0 Å². The summed E-state index contributed by atoms with van der Waals surface area (Å²) in [5.74, 6) is 0.320. The molecule has 1 saturated carbocycles. The Labute approximate surface area is 224 Å². The van der Waals surface area contributed by atoms with E-state index in [-0.39, 0.29) is 28.2 Å². The maximum Gasteiger partial charge on any atom is 0.335 e. The average Bonchev–Trinajstić information content (AvgIpc) is 3.43. The molecule has 5 atom stereocenters. The normalized spacial score (nSPS) is 22.8. The molecule has 1 aliphatic carbocycles. The lowest BCUT2D eigenvalue weighted by Crippen LogP contribution is -2.23. The third-order valence-corrected chi connectivity index (χ3v) is 10.0. The number of aliphatic hydroxyl groups excluding tert-OH is 1. The van der Waals surface area contributed by atoms with Gasteiger partial charge in [0.15, 0.2) is 0 Å². The van der Waals surface area contributed by atoms with Crippen molar-refractivity contribution in [2.45, 2.75) is 40.5 Å². The van der Waals surface area contributed by atoms with Crippen molar-refractivity contribution in [3.8, 4) is 0 Å². The van der Waals surface area contributed by atoms with Crippen LogP contribution in [0, 0.1) is 11.8 Å². The van der Waals surface area contributed by atoms with E-state index in [0.717, 1.165) is 32.4 Å². The molecule has 1 aromatic heterocycles. The molecular formula is C27H28Cl2O4S2. The highest BCUT2D eigenvalue weighted by atomic mass is 35.5. The van der Waals surface area contributed by atoms with Crippen LogP contribution in [0.25, 0.3) is 0 Å². The number of rotatable bonds is 11. The van der Waals surface area contributed by atoms with Crippen LogP contribution in [0.1, 0.15) is 38.9 Å². The van der Waals surface area contributed by atoms with Crippen LogP contribution in [-0.4, -0.2) is 39.3 Å². The van der Waals surface area contributed by atoms with Crippen LogP contribution in [0.2, 0.25) is 0 Å². The van der Waals surface area contributed by atoms with Crippen LogP contribution in [0.4, 0.5) is 0 Å². The van der Waals surface area contributed by atoms with E-state index in [1.165, 1.54) is 0 Å². The zero-order chi connectivity index (χ0) is 24.8. The second kappa shape index (κ2) is 12.6. The summed E-state index contributed by atoms with van der Waals surface area (Å²) in [6, 6.07) is 20.9. The molecule has 2 N–H and O–H groups in total. The van der Waals surface area contributed by atoms with Crippen molar-refractivity contribution < 1.29 is 19.7 Å². The van der Waals surface area contributed by atoms with E-state index >= 15 is 0 Å². The Morgan fingerprint density at radius 3 is 2.63 bits per heavy atom. The van der Waals surface area contributed by atoms with Crippen molar-refractivity contribution in [2.75, 3.05) is 12.4 Å². The lowest BCUT2D eigenvalue weighted by molar-refractivity contribution is 0.0694. The number of ether oxygens (including phenoxy) is 1. The predicted molar refractivity (Wildman–Crippen MR) is 144 cm³/mol. The molecule has 8 heteroatoms. The largest absolute Gasteiger partial charge is 0.478 e. The Morgan fingerprint density at radius 2 is 1.86 bits per heavy atom. The third-order valence-electron chi connectivity index (χ3n) is 6.28. The Bertz CT molecular complexity index is 1110. The smallest absolute Gasteiger partial charge is 0.335 e. The standard InChI is InChI=1S/C27H28Cl2O4S2/c28-22-13-20(15-33-14-18-7-4-8-19(11-18)27(31)32)21(26(22)29)16-34-25-10-9-24(35-25)23(30)12-17-5-2-1-3-6-17/h1-11,20-23,26,30H,12-16H2,(H,31,32)/t20-,21-,22?,23?,26?/m1/s1. The number of benzene rings is 2. The lowest BCUT2D eigenvalue weighted by Gasteiger charge is -2.21. The van der Waals surface area contributed by atoms with E-state index < -0.39 is 12.1 Å². The van der Waals surface area contributed by atoms with Crippen molar-refractivity contribution in [1.29, 1.82) is 0 Å². The van der Waals surface area contributed by atoms with E-state index in [1.54, 1.807) is 41.3 Å². The minimum absolute atomic E-state index is 0.0993. The number of alkyl halides is 2. The van der Waals surface area contributed by atoms with Gasteiger partial charge in [0, 0.05) is 17.1 Å². The minimum Gasteiger partial charge on any atom is -0.478 e. The second-order valence-electron chi connectivity index (χ2n) is 8.81. The van der Waals surface area contributed by atoms with Gasteiger partial charge in [-0.05, 0) is 53.6 Å². The van der Waals surface area contributed by atoms with Crippen molar-refractivity contribution in [3.63, 3.8) is 0 Å². The van der Waals surface area contributed by atoms with E-state index in [0.29, 0.717) is 19.6 Å². The van der Waals surface area contributed by atoms with Gasteiger partial charge in [0.25, 0.3) is 0 Å². The van der Waals surface area contributed by atoms with Gasteiger partial charge in [-0.3, -0.25) is 0 Å². The van der Waals surface area contributed by atoms with Crippen LogP contribution in [0.3, 0.4) is 0 Å². The summed E-state index contributed by atoms with van der Waals surface area (Å²) in [6.07, 6.45) is 0.874. The van der Waals surface area contributed by atoms with Gasteiger partial charge in [-0.15, -0.1) is 46.3 Å². The van der Waals surface area contributed by atoms with Gasteiger partial charge in [-0.2, -0.15) is 0 Å². The summed E-state index contributed by atoms with van der Waals surface area (Å²) in [5, 5.41) is 19.6. The number of carbonyl (C=O) groups is 1. The van der Waals surface area contributed by atoms with Gasteiger partial charge in [-0.1, -0.05) is 42.5 Å². The zero-order valence-corrected chi connectivity index (χ0v) is 22.2. The number of thiophene rings is 1. The SMILES string of the molecule is O=C(O)c1cccc(COC[C@H]2CC(Cl)C(Cl)[C@@H]2CSc2ccc(C(O)Cc3ccccc3)s2)c1. The van der Waals surface area contributed by atoms with Crippen LogP contribution >= 0.6 is 46.3 Å². The Balaban J connectivity index is 1.29. The van der Waals surface area contributed by atoms with Crippen molar-refractivity contribution in [3.05, 3.63) is 88.3 Å². The third kappa shape index (κ3) is 7.25. The highest BCUT2D eigenvalue weighted by Gasteiger charge is 2.41. The van der Waals surface area contributed by atoms with Crippen molar-refractivity contribution >= 4 is 52.3 Å². The molecular weight excluding hydrogens is 523 g/mol. The Kier molecular flexibility index (Phi) is 9.56. The number of hydrogen-bond donors (Lipinski definition) is 2. The van der Waals surface area contributed by atoms with E-state index in [4.69, 9.17) is 33.0 Å². The number of thioether (sulfide) groups is 1. The topological polar surface area (TPSA) is 66.8 Å². The Hall–Kier alpha value is -1.54. The maximum absolute atomic E-state index is 11.2. The first-order chi connectivity index (χ1) is 16.9. The van der Waals surface area contributed by atoms with Crippen LogP contribution in [-0.2, 0) is 17.8 Å². The molecule has 1 fully saturated rings. The Morgan fingerprint density at radius 1 is 1.09 bits per heavy atom. The molecule has 0 saturated heterocycles. The lowest BCUT2D eigenvalue weighted by atomic mass is 9.99. The zero-order valence-electron chi connectivity index (χ0n) is 19.1. The van der Waals surface area contributed by atoms with Crippen molar-refractivity contribution in [2.24, 2.45) is 11.8 Å². The van der Waals surface area contributed by atoms with E-state index in [1.807, 2.05) is 42.5 Å². The summed E-state index contributed by atoms with van der Waals surface area (Å²) in [4.78, 5) is 12.1. The van der Waals surface area contributed by atoms with Crippen LogP contribution in [0.15, 0.2) is 70.9 Å². The monoisotopic (exact) mass is 550 g/mol. The summed E-state index contributed by atoms with van der Waals surface area (Å²) < 4.78 is 7.11. The molecule has 0 spiro atoms. The van der Waals surface area contributed by atoms with Gasteiger partial charge >= 0.3 is 5.97 Å². The average molecular weight is 552 g/mol. The number of aliphatic hydroxyl groups is 1. The molecule has 186 valence electrons. The fourth-order valence-corrected chi connectivity index (χ4v) is 7.74. The molecule has 1 heterocycles. The molecule has 3 aromatic rings. The molecule has 2 aromatic carbocycles. The fourth-order valence-electron chi connectivity index (χ4n) is 4.37. The molecule has 4 rings (SSSR count). The number of carboxylic acid groups (broad SMARTS) is 1. The molecule has 0 aliphatic heterocycles. The summed E-state index contributed by atoms with van der Waals surface area (Å²) >= 11 is 16.6. The quantitative estimate of drug-likeness (QED) is 0.201. The van der Waals surface area contributed by atoms with Gasteiger partial charge < -0.3 is 14.9 Å². The molecule has 35 heavy (non-hydrogen) atoms. The summed E-state index contributed by atoms with van der Waals surface area (Å²) in [6.45, 7) is 0.880. The number of halogens is 2. The van der Waals surface area contributed by atoms with E-state index in [2.05, 4.69) is 6.07 Å². The van der Waals surface area contributed by atoms with Gasteiger partial charge in [0.2, 0.25) is 0 Å². The maximum atomic E-state index is 11.2. The summed E-state index contributed by atoms with van der Waals surface area (Å²) in [7, 11) is 0. The molecule has 0 amide bonds. The summed E-state index contributed by atoms with van der Waals surface area (Å²) in [5.41, 5.74) is 2.20. The first kappa shape index (κ1) is 26.5. The number of aromatic carboxylic acids is 1. The molecule has 0 radical (unpaired) electrons. The number of carboxylic acids is 1. The minimum atomic E-state index is -0.945. The first-order valence-corrected chi connectivity index (χ1v) is 14.2. The second-order valence-corrected chi connectivity index (χ2v) is 12.3. The molecule has 0 bridgehead atoms. The first-order valence-electron chi connectivity index (χ1n) is 11.5. The van der Waals surface area contributed by atoms with Gasteiger partial charge in [-0.25, -0.2) is 4.79 Å². The highest BCUT2D eigenvalue weighted by molar-refractivity contribution is 8.01. The van der Waals surface area contributed by atoms with E-state index in [9.17, 15) is 9.90 Å². The molecule has 1 aliphatic rings. The number of hydrogen-bond acceptors (Lipinski definition) is 5. The highest BCUT2D eigenvalue weighted by Crippen LogP contribution is 2.43. The molecule has 4 nitrogen and oxygen atoms in total.